The molecule has 2 heteroatoms. The fourth-order valence-electron chi connectivity index (χ4n) is 2.64. The molecule has 1 aromatic carbocycles. The Morgan fingerprint density at radius 1 is 1.14 bits per heavy atom. The molecular formula is C12H16BrN. The Bertz CT molecular complexity index is 332. The highest BCUT2D eigenvalue weighted by atomic mass is 79.9. The Morgan fingerprint density at radius 2 is 1.64 bits per heavy atom. The topological polar surface area (TPSA) is 26.0 Å². The summed E-state index contributed by atoms with van der Waals surface area (Å²) >= 11 is 3.43. The number of hydrogen-bond acceptors (Lipinski definition) is 1. The molecule has 0 unspecified atom stereocenters. The molecule has 1 nitrogen and oxygen atoms in total. The summed E-state index contributed by atoms with van der Waals surface area (Å²) < 4.78 is 1.11. The van der Waals surface area contributed by atoms with Gasteiger partial charge in [0.1, 0.15) is 0 Å². The monoisotopic (exact) mass is 253 g/mol. The van der Waals surface area contributed by atoms with E-state index in [4.69, 9.17) is 5.73 Å². The molecule has 1 fully saturated rings. The van der Waals surface area contributed by atoms with Crippen molar-refractivity contribution in [2.45, 2.75) is 32.2 Å². The van der Waals surface area contributed by atoms with Gasteiger partial charge in [0.05, 0.1) is 0 Å². The van der Waals surface area contributed by atoms with E-state index in [-0.39, 0.29) is 5.54 Å². The maximum absolute atomic E-state index is 6.33. The van der Waals surface area contributed by atoms with Gasteiger partial charge in [-0.25, -0.2) is 0 Å². The van der Waals surface area contributed by atoms with E-state index in [9.17, 15) is 0 Å². The number of nitrogens with two attached hydrogens (primary N) is 1. The van der Waals surface area contributed by atoms with Crippen LogP contribution < -0.4 is 5.73 Å². The number of rotatable bonds is 1. The molecule has 0 aromatic heterocycles. The number of hydrogen-bond donors (Lipinski definition) is 1. The summed E-state index contributed by atoms with van der Waals surface area (Å²) in [6.07, 6.45) is 2.17. The average molecular weight is 254 g/mol. The summed E-state index contributed by atoms with van der Waals surface area (Å²) in [6.45, 7) is 4.55. The van der Waals surface area contributed by atoms with E-state index in [0.717, 1.165) is 17.3 Å². The van der Waals surface area contributed by atoms with Crippen molar-refractivity contribution in [3.05, 3.63) is 34.3 Å². The van der Waals surface area contributed by atoms with Gasteiger partial charge in [0, 0.05) is 10.0 Å². The third-order valence-corrected chi connectivity index (χ3v) is 3.54. The predicted molar refractivity (Wildman–Crippen MR) is 63.0 cm³/mol. The maximum Gasteiger partial charge on any atom is 0.0419 e. The van der Waals surface area contributed by atoms with Crippen molar-refractivity contribution in [2.24, 2.45) is 11.1 Å². The zero-order valence-electron chi connectivity index (χ0n) is 8.68. The zero-order chi connectivity index (χ0) is 10.4. The van der Waals surface area contributed by atoms with Crippen molar-refractivity contribution in [1.82, 2.24) is 0 Å². The summed E-state index contributed by atoms with van der Waals surface area (Å²) in [5.74, 6) is 0. The molecule has 0 amide bonds. The largest absolute Gasteiger partial charge is 0.321 e. The Kier molecular flexibility index (Phi) is 2.24. The van der Waals surface area contributed by atoms with Crippen molar-refractivity contribution >= 4 is 15.9 Å². The molecule has 0 atom stereocenters. The van der Waals surface area contributed by atoms with Gasteiger partial charge in [0.15, 0.2) is 0 Å². The summed E-state index contributed by atoms with van der Waals surface area (Å²) in [5.41, 5.74) is 7.94. The van der Waals surface area contributed by atoms with E-state index < -0.39 is 0 Å². The van der Waals surface area contributed by atoms with Crippen molar-refractivity contribution in [3.63, 3.8) is 0 Å². The molecule has 2 N–H and O–H groups in total. The first-order valence-corrected chi connectivity index (χ1v) is 5.76. The second-order valence-corrected chi connectivity index (χ2v) is 6.10. The summed E-state index contributed by atoms with van der Waals surface area (Å²) in [7, 11) is 0. The van der Waals surface area contributed by atoms with Gasteiger partial charge in [-0.05, 0) is 36.0 Å². The second kappa shape index (κ2) is 3.07. The van der Waals surface area contributed by atoms with Gasteiger partial charge in [0.2, 0.25) is 0 Å². The number of benzene rings is 1. The minimum absolute atomic E-state index is 0.0792. The van der Waals surface area contributed by atoms with Crippen LogP contribution in [0, 0.1) is 5.41 Å². The van der Waals surface area contributed by atoms with Crippen molar-refractivity contribution in [3.8, 4) is 0 Å². The standard InChI is InChI=1S/C12H16BrN/c1-11(2)7-12(14,8-11)9-3-5-10(13)6-4-9/h3-6H,7-8,14H2,1-2H3. The lowest BCUT2D eigenvalue weighted by Gasteiger charge is -2.51. The summed E-state index contributed by atoms with van der Waals surface area (Å²) in [4.78, 5) is 0. The molecule has 0 spiro atoms. The van der Waals surface area contributed by atoms with Crippen LogP contribution in [0.4, 0.5) is 0 Å². The SMILES string of the molecule is CC1(C)CC(N)(c2ccc(Br)cc2)C1. The van der Waals surface area contributed by atoms with Crippen molar-refractivity contribution in [1.29, 1.82) is 0 Å². The Hall–Kier alpha value is -0.340. The molecule has 1 aliphatic carbocycles. The molecule has 0 bridgehead atoms. The Balaban J connectivity index is 2.21. The lowest BCUT2D eigenvalue weighted by atomic mass is 9.57. The molecular weight excluding hydrogens is 238 g/mol. The van der Waals surface area contributed by atoms with Crippen LogP contribution in [-0.4, -0.2) is 0 Å². The molecule has 0 heterocycles. The molecule has 1 aromatic rings. The van der Waals surface area contributed by atoms with E-state index in [1.807, 2.05) is 0 Å². The first-order valence-electron chi connectivity index (χ1n) is 4.96. The first kappa shape index (κ1) is 10.2. The van der Waals surface area contributed by atoms with Crippen LogP contribution in [-0.2, 0) is 5.54 Å². The van der Waals surface area contributed by atoms with Crippen LogP contribution in [0.3, 0.4) is 0 Å². The van der Waals surface area contributed by atoms with Crippen LogP contribution in [0.5, 0.6) is 0 Å². The fourth-order valence-corrected chi connectivity index (χ4v) is 2.91. The van der Waals surface area contributed by atoms with Crippen LogP contribution in [0.15, 0.2) is 28.7 Å². The minimum Gasteiger partial charge on any atom is -0.321 e. The molecule has 1 saturated carbocycles. The van der Waals surface area contributed by atoms with Gasteiger partial charge in [-0.3, -0.25) is 0 Å². The smallest absolute Gasteiger partial charge is 0.0419 e. The highest BCUT2D eigenvalue weighted by Crippen LogP contribution is 2.51. The van der Waals surface area contributed by atoms with Gasteiger partial charge >= 0.3 is 0 Å². The third-order valence-electron chi connectivity index (χ3n) is 3.01. The normalized spacial score (nSPS) is 22.9. The predicted octanol–water partition coefficient (Wildman–Crippen LogP) is 3.42. The molecule has 0 saturated heterocycles. The van der Waals surface area contributed by atoms with Crippen molar-refractivity contribution < 1.29 is 0 Å². The molecule has 0 radical (unpaired) electrons. The lowest BCUT2D eigenvalue weighted by Crippen LogP contribution is -2.53. The molecule has 76 valence electrons. The molecule has 1 aliphatic rings. The Labute approximate surface area is 93.8 Å². The minimum atomic E-state index is -0.0792. The maximum atomic E-state index is 6.33. The van der Waals surface area contributed by atoms with E-state index in [1.54, 1.807) is 0 Å². The number of halogens is 1. The van der Waals surface area contributed by atoms with E-state index in [0.29, 0.717) is 5.41 Å². The lowest BCUT2D eigenvalue weighted by molar-refractivity contribution is 0.0618. The fraction of sp³-hybridized carbons (Fsp3) is 0.500. The Morgan fingerprint density at radius 3 is 2.07 bits per heavy atom. The van der Waals surface area contributed by atoms with Gasteiger partial charge in [0.25, 0.3) is 0 Å². The molecule has 2 rings (SSSR count). The van der Waals surface area contributed by atoms with E-state index in [1.165, 1.54) is 5.56 Å². The molecule has 0 aliphatic heterocycles. The molecule has 14 heavy (non-hydrogen) atoms. The first-order chi connectivity index (χ1) is 6.41. The second-order valence-electron chi connectivity index (χ2n) is 5.18. The van der Waals surface area contributed by atoms with Crippen LogP contribution >= 0.6 is 15.9 Å². The van der Waals surface area contributed by atoms with Crippen LogP contribution in [0.1, 0.15) is 32.3 Å². The summed E-state index contributed by atoms with van der Waals surface area (Å²) in [6, 6.07) is 8.38. The highest BCUT2D eigenvalue weighted by Gasteiger charge is 2.47. The van der Waals surface area contributed by atoms with Gasteiger partial charge in [-0.1, -0.05) is 41.9 Å². The van der Waals surface area contributed by atoms with E-state index in [2.05, 4.69) is 54.0 Å². The zero-order valence-corrected chi connectivity index (χ0v) is 10.3. The highest BCUT2D eigenvalue weighted by molar-refractivity contribution is 9.10. The van der Waals surface area contributed by atoms with E-state index >= 15 is 0 Å². The van der Waals surface area contributed by atoms with Crippen molar-refractivity contribution in [2.75, 3.05) is 0 Å². The van der Waals surface area contributed by atoms with Crippen LogP contribution in [0.2, 0.25) is 0 Å². The van der Waals surface area contributed by atoms with Gasteiger partial charge in [-0.2, -0.15) is 0 Å². The van der Waals surface area contributed by atoms with Gasteiger partial charge in [-0.15, -0.1) is 0 Å². The quantitative estimate of drug-likeness (QED) is 0.816. The van der Waals surface area contributed by atoms with Gasteiger partial charge < -0.3 is 5.73 Å². The summed E-state index contributed by atoms with van der Waals surface area (Å²) in [5, 5.41) is 0. The average Bonchev–Trinajstić information content (AvgIpc) is 2.01. The third kappa shape index (κ3) is 1.73. The van der Waals surface area contributed by atoms with Crippen LogP contribution in [0.25, 0.3) is 0 Å².